The number of cyclic esters (lactones) is 1. The van der Waals surface area contributed by atoms with Gasteiger partial charge in [0.2, 0.25) is 6.29 Å². The molecule has 3 saturated heterocycles. The molecule has 29 heavy (non-hydrogen) atoms. The Kier molecular flexibility index (Phi) is 2.70. The molecule has 7 rings (SSSR count). The van der Waals surface area contributed by atoms with Crippen molar-refractivity contribution in [3.8, 4) is 0 Å². The normalized spacial score (nSPS) is 63.9. The maximum atomic E-state index is 12.2. The number of carbonyl (C=O) groups is 1. The predicted molar refractivity (Wildman–Crippen MR) is 94.3 cm³/mol. The van der Waals surface area contributed by atoms with Crippen molar-refractivity contribution >= 4 is 5.97 Å². The van der Waals surface area contributed by atoms with Gasteiger partial charge < -0.3 is 34.3 Å². The summed E-state index contributed by atoms with van der Waals surface area (Å²) in [4.78, 5) is 12.2. The average Bonchev–Trinajstić information content (AvgIpc) is 3.55. The molecule has 3 N–H and O–H groups in total. The zero-order valence-electron chi connectivity index (χ0n) is 16.7. The smallest absolute Gasteiger partial charge is 0.336 e. The number of aliphatic hydroxyl groups is 3. The fourth-order valence-corrected chi connectivity index (χ4v) is 7.98. The maximum Gasteiger partial charge on any atom is 0.336 e. The van der Waals surface area contributed by atoms with Crippen LogP contribution in [0, 0.1) is 11.3 Å². The van der Waals surface area contributed by atoms with E-state index in [0.717, 1.165) is 6.42 Å². The molecule has 0 aromatic carbocycles. The summed E-state index contributed by atoms with van der Waals surface area (Å²) in [5.74, 6) is -0.409. The van der Waals surface area contributed by atoms with Gasteiger partial charge in [-0.2, -0.15) is 0 Å². The highest BCUT2D eigenvalue weighted by atomic mass is 16.7. The molecular weight excluding hydrogens is 380 g/mol. The molecule has 158 valence electrons. The van der Waals surface area contributed by atoms with Crippen LogP contribution in [-0.4, -0.2) is 74.4 Å². The first kappa shape index (κ1) is 17.6. The third-order valence-electron chi connectivity index (χ3n) is 9.78. The maximum absolute atomic E-state index is 12.2. The number of esters is 1. The van der Waals surface area contributed by atoms with Crippen molar-refractivity contribution in [2.75, 3.05) is 0 Å². The van der Waals surface area contributed by atoms with Gasteiger partial charge in [0.15, 0.2) is 5.60 Å². The summed E-state index contributed by atoms with van der Waals surface area (Å²) in [6.07, 6.45) is -1.31. The van der Waals surface area contributed by atoms with Gasteiger partial charge in [-0.15, -0.1) is 0 Å². The number of carbonyl (C=O) groups excluding carboxylic acids is 1. The molecule has 2 saturated carbocycles. The quantitative estimate of drug-likeness (QED) is 0.430. The number of fused-ring (bicyclic) bond motifs is 4. The molecule has 1 unspecified atom stereocenters. The van der Waals surface area contributed by atoms with Crippen molar-refractivity contribution in [3.63, 3.8) is 0 Å². The van der Waals surface area contributed by atoms with Crippen LogP contribution >= 0.6 is 0 Å². The Morgan fingerprint density at radius 2 is 1.97 bits per heavy atom. The summed E-state index contributed by atoms with van der Waals surface area (Å²) >= 11 is 0. The molecule has 5 fully saturated rings. The summed E-state index contributed by atoms with van der Waals surface area (Å²) < 4.78 is 23.8. The molecule has 0 aromatic rings. The molecule has 2 spiro atoms. The zero-order valence-corrected chi connectivity index (χ0v) is 16.7. The number of hydrogen-bond acceptors (Lipinski definition) is 8. The monoisotopic (exact) mass is 406 g/mol. The number of ether oxygens (including phenoxy) is 4. The van der Waals surface area contributed by atoms with Crippen molar-refractivity contribution < 1.29 is 39.1 Å². The van der Waals surface area contributed by atoms with Gasteiger partial charge in [0.05, 0.1) is 6.10 Å². The molecule has 11 atom stereocenters. The van der Waals surface area contributed by atoms with E-state index in [1.165, 1.54) is 0 Å². The van der Waals surface area contributed by atoms with E-state index in [2.05, 4.69) is 13.8 Å². The van der Waals surface area contributed by atoms with Crippen LogP contribution < -0.4 is 0 Å². The minimum absolute atomic E-state index is 0.154. The van der Waals surface area contributed by atoms with E-state index < -0.39 is 52.3 Å². The highest BCUT2D eigenvalue weighted by molar-refractivity contribution is 5.93. The largest absolute Gasteiger partial charge is 0.428 e. The van der Waals surface area contributed by atoms with Gasteiger partial charge in [-0.3, -0.25) is 0 Å². The van der Waals surface area contributed by atoms with Crippen LogP contribution in [0.1, 0.15) is 46.5 Å². The minimum Gasteiger partial charge on any atom is -0.428 e. The van der Waals surface area contributed by atoms with Gasteiger partial charge in [0.1, 0.15) is 35.1 Å². The van der Waals surface area contributed by atoms with Crippen molar-refractivity contribution in [3.05, 3.63) is 11.1 Å². The van der Waals surface area contributed by atoms with Gasteiger partial charge in [0, 0.05) is 23.0 Å². The Hall–Kier alpha value is -1.03. The first-order chi connectivity index (χ1) is 13.7. The molecular formula is C21H26O8. The molecule has 0 amide bonds. The fourth-order valence-electron chi connectivity index (χ4n) is 7.98. The van der Waals surface area contributed by atoms with Crippen LogP contribution in [0.15, 0.2) is 11.1 Å². The number of rotatable bonds is 2. The molecule has 3 aliphatic carbocycles. The van der Waals surface area contributed by atoms with E-state index in [9.17, 15) is 20.1 Å². The van der Waals surface area contributed by atoms with Crippen molar-refractivity contribution in [1.82, 2.24) is 0 Å². The lowest BCUT2D eigenvalue weighted by molar-refractivity contribution is -0.176. The summed E-state index contributed by atoms with van der Waals surface area (Å²) in [5, 5.41) is 34.0. The molecule has 7 aliphatic rings. The average molecular weight is 406 g/mol. The van der Waals surface area contributed by atoms with Crippen molar-refractivity contribution in [1.29, 1.82) is 0 Å². The van der Waals surface area contributed by atoms with Gasteiger partial charge >= 0.3 is 5.97 Å². The highest BCUT2D eigenvalue weighted by Crippen LogP contribution is 2.83. The van der Waals surface area contributed by atoms with E-state index in [0.29, 0.717) is 18.4 Å². The predicted octanol–water partition coefficient (Wildman–Crippen LogP) is -0.0735. The second-order valence-electron chi connectivity index (χ2n) is 10.3. The highest BCUT2D eigenvalue weighted by Gasteiger charge is 3.02. The number of epoxide rings is 3. The van der Waals surface area contributed by atoms with Crippen LogP contribution in [0.2, 0.25) is 0 Å². The van der Waals surface area contributed by atoms with Gasteiger partial charge in [-0.05, 0) is 18.8 Å². The van der Waals surface area contributed by atoms with Crippen LogP contribution in [0.3, 0.4) is 0 Å². The van der Waals surface area contributed by atoms with E-state index in [1.54, 1.807) is 0 Å². The molecule has 0 radical (unpaired) electrons. The van der Waals surface area contributed by atoms with Crippen LogP contribution in [0.5, 0.6) is 0 Å². The Balaban J connectivity index is 1.40. The van der Waals surface area contributed by atoms with E-state index in [4.69, 9.17) is 18.9 Å². The van der Waals surface area contributed by atoms with Gasteiger partial charge in [-0.1, -0.05) is 27.2 Å². The first-order valence-corrected chi connectivity index (χ1v) is 10.7. The SMILES string of the molecule is CCC(C)[C@]12O[C@H]1[C@@H]1O[C@]13[C@]1(O[C@H]1C[C@]1(O)C4=C(CC[C@]31C)C(=O)O[C@@H]4O)[C@@H]2O. The third kappa shape index (κ3) is 1.39. The Bertz CT molecular complexity index is 916. The van der Waals surface area contributed by atoms with Crippen LogP contribution in [0.4, 0.5) is 0 Å². The molecule has 8 heteroatoms. The summed E-state index contributed by atoms with van der Waals surface area (Å²) in [6.45, 7) is 6.11. The molecule has 8 nitrogen and oxygen atoms in total. The second-order valence-corrected chi connectivity index (χ2v) is 10.3. The lowest BCUT2D eigenvalue weighted by atomic mass is 9.44. The summed E-state index contributed by atoms with van der Waals surface area (Å²) in [6, 6.07) is 0. The van der Waals surface area contributed by atoms with Gasteiger partial charge in [-0.25, -0.2) is 4.79 Å². The molecule has 0 bridgehead atoms. The number of aliphatic hydroxyl groups excluding tert-OH is 2. The first-order valence-electron chi connectivity index (χ1n) is 10.7. The third-order valence-corrected chi connectivity index (χ3v) is 9.78. The van der Waals surface area contributed by atoms with Gasteiger partial charge in [0.25, 0.3) is 0 Å². The van der Waals surface area contributed by atoms with Crippen molar-refractivity contribution in [2.45, 2.75) is 99.6 Å². The zero-order chi connectivity index (χ0) is 20.4. The van der Waals surface area contributed by atoms with E-state index >= 15 is 0 Å². The standard InChI is InChI=1S/C21H26O8/c1-4-8(2)19-12(28-19)13-21(29-13)17(3)6-5-9-11(15(23)26-14(9)22)18(17,25)7-10-20(21,27-10)16(19)24/h8,10,12-13,15-16,23-25H,4-7H2,1-3H3/t8?,10-,12-,13-,15-,16+,17-,18-,19-,20+,21+/m0/s1. The topological polar surface area (TPSA) is 125 Å². The summed E-state index contributed by atoms with van der Waals surface area (Å²) in [5.41, 5.74) is -4.21. The minimum atomic E-state index is -1.50. The Labute approximate surface area is 167 Å². The lowest BCUT2D eigenvalue weighted by Crippen LogP contribution is -2.74. The van der Waals surface area contributed by atoms with Crippen molar-refractivity contribution in [2.24, 2.45) is 11.3 Å². The lowest BCUT2D eigenvalue weighted by Gasteiger charge is -2.57. The number of hydrogen-bond donors (Lipinski definition) is 3. The Morgan fingerprint density at radius 1 is 1.21 bits per heavy atom. The van der Waals surface area contributed by atoms with Crippen LogP contribution in [-0.2, 0) is 23.7 Å². The Morgan fingerprint density at radius 3 is 2.69 bits per heavy atom. The second kappa shape index (κ2) is 4.45. The molecule has 4 heterocycles. The van der Waals surface area contributed by atoms with Crippen LogP contribution in [0.25, 0.3) is 0 Å². The molecule has 0 aromatic heterocycles. The van der Waals surface area contributed by atoms with E-state index in [1.807, 2.05) is 6.92 Å². The summed E-state index contributed by atoms with van der Waals surface area (Å²) in [7, 11) is 0. The molecule has 4 aliphatic heterocycles. The van der Waals surface area contributed by atoms with E-state index in [-0.39, 0.29) is 30.1 Å². The fraction of sp³-hybridized carbons (Fsp3) is 0.857.